The molecular formula is C29H33BrO3Si. The Hall–Kier alpha value is -2.21. The smallest absolute Gasteiger partial charge is 0.309 e. The van der Waals surface area contributed by atoms with Crippen LogP contribution >= 0.6 is 15.9 Å². The van der Waals surface area contributed by atoms with Gasteiger partial charge in [0, 0.05) is 4.47 Å². The third-order valence-corrected chi connectivity index (χ3v) is 8.51. The first-order chi connectivity index (χ1) is 16.2. The van der Waals surface area contributed by atoms with E-state index in [1.54, 1.807) is 0 Å². The van der Waals surface area contributed by atoms with Gasteiger partial charge in [-0.3, -0.25) is 4.79 Å². The molecule has 0 heterocycles. The molecule has 5 heteroatoms. The molecule has 0 amide bonds. The number of benzene rings is 3. The molecule has 0 aliphatic heterocycles. The van der Waals surface area contributed by atoms with E-state index in [2.05, 4.69) is 97.4 Å². The summed E-state index contributed by atoms with van der Waals surface area (Å²) < 4.78 is 13.2. The zero-order valence-corrected chi connectivity index (χ0v) is 24.2. The first-order valence-electron chi connectivity index (χ1n) is 11.8. The van der Waals surface area contributed by atoms with Gasteiger partial charge in [0.25, 0.3) is 0 Å². The van der Waals surface area contributed by atoms with E-state index in [4.69, 9.17) is 9.16 Å². The second-order valence-corrected chi connectivity index (χ2v) is 11.3. The summed E-state index contributed by atoms with van der Waals surface area (Å²) >= 11 is 3.85. The maximum atomic E-state index is 13.1. The molecule has 1 unspecified atom stereocenters. The first-order valence-corrected chi connectivity index (χ1v) is 13.5. The van der Waals surface area contributed by atoms with Crippen LogP contribution in [0.1, 0.15) is 61.9 Å². The molecule has 0 saturated carbocycles. The van der Waals surface area contributed by atoms with Crippen molar-refractivity contribution in [3.05, 3.63) is 105 Å². The fraction of sp³-hybridized carbons (Fsp3) is 0.345. The number of rotatable bonds is 6. The topological polar surface area (TPSA) is 35.5 Å². The predicted molar refractivity (Wildman–Crippen MR) is 144 cm³/mol. The third-order valence-electron chi connectivity index (χ3n) is 7.16. The molecule has 178 valence electrons. The van der Waals surface area contributed by atoms with Crippen molar-refractivity contribution in [3.63, 3.8) is 0 Å². The Morgan fingerprint density at radius 2 is 1.56 bits per heavy atom. The highest BCUT2D eigenvalue weighted by Gasteiger charge is 2.61. The van der Waals surface area contributed by atoms with Gasteiger partial charge in [0.05, 0.1) is 18.4 Å². The highest BCUT2D eigenvalue weighted by molar-refractivity contribution is 9.10. The molecule has 0 spiro atoms. The lowest BCUT2D eigenvalue weighted by Crippen LogP contribution is -2.50. The normalized spacial score (nSPS) is 19.1. The zero-order valence-electron chi connectivity index (χ0n) is 20.7. The van der Waals surface area contributed by atoms with Crippen molar-refractivity contribution in [2.24, 2.45) is 0 Å². The Bertz CT molecular complexity index is 1130. The van der Waals surface area contributed by atoms with Gasteiger partial charge in [-0.25, -0.2) is 0 Å². The second-order valence-electron chi connectivity index (χ2n) is 10.1. The summed E-state index contributed by atoms with van der Waals surface area (Å²) in [5.41, 5.74) is 4.37. The van der Waals surface area contributed by atoms with Gasteiger partial charge < -0.3 is 9.16 Å². The highest BCUT2D eigenvalue weighted by atomic mass is 79.9. The van der Waals surface area contributed by atoms with Gasteiger partial charge in [0.2, 0.25) is 0 Å². The number of fused-ring (bicyclic) bond motifs is 1. The molecule has 0 aromatic heterocycles. The molecule has 0 fully saturated rings. The predicted octanol–water partition coefficient (Wildman–Crippen LogP) is 5.73. The summed E-state index contributed by atoms with van der Waals surface area (Å²) in [5.74, 6) is -0.238. The second kappa shape index (κ2) is 9.44. The molecule has 34 heavy (non-hydrogen) atoms. The Balaban J connectivity index is 2.09. The largest absolute Gasteiger partial charge is 0.466 e. The van der Waals surface area contributed by atoms with Crippen LogP contribution in [-0.2, 0) is 36.8 Å². The van der Waals surface area contributed by atoms with Gasteiger partial charge in [-0.15, -0.1) is 0 Å². The number of ether oxygens (including phenoxy) is 1. The minimum Gasteiger partial charge on any atom is -0.466 e. The van der Waals surface area contributed by atoms with Crippen molar-refractivity contribution in [1.82, 2.24) is 0 Å². The van der Waals surface area contributed by atoms with Crippen LogP contribution < -0.4 is 0 Å². The summed E-state index contributed by atoms with van der Waals surface area (Å²) in [6.45, 7) is 8.88. The minimum atomic E-state index is -0.873. The summed E-state index contributed by atoms with van der Waals surface area (Å²) in [6.07, 6.45) is 0.900. The molecule has 3 aromatic carbocycles. The minimum absolute atomic E-state index is 0.0236. The van der Waals surface area contributed by atoms with Crippen molar-refractivity contribution in [2.75, 3.05) is 6.61 Å². The van der Waals surface area contributed by atoms with E-state index in [1.807, 2.05) is 19.1 Å². The standard InChI is InChI=1S/C29H33BrO3Si/c1-5-32-26(31)19-29(33-34)23-17-25(30)24(27(2,3)4)16-20(23)18-28(29,21-12-8-6-9-13-21)22-14-10-7-11-15-22/h6-17H,5,18-19H2,1-4,34H3. The van der Waals surface area contributed by atoms with Gasteiger partial charge in [-0.1, -0.05) is 103 Å². The number of hydrogen-bond donors (Lipinski definition) is 0. The average molecular weight is 538 g/mol. The first kappa shape index (κ1) is 24.9. The SMILES string of the molecule is CCOC(=O)CC1(O[SiH3])c2cc(Br)c(C(C)(C)C)cc2CC1(c1ccccc1)c1ccccc1. The van der Waals surface area contributed by atoms with E-state index >= 15 is 0 Å². The van der Waals surface area contributed by atoms with Crippen LogP contribution in [0.25, 0.3) is 0 Å². The summed E-state index contributed by atoms with van der Waals surface area (Å²) in [6, 6.07) is 25.5. The van der Waals surface area contributed by atoms with Gasteiger partial charge in [-0.2, -0.15) is 0 Å². The molecule has 1 atom stereocenters. The lowest BCUT2D eigenvalue weighted by atomic mass is 9.62. The quantitative estimate of drug-likeness (QED) is 0.298. The average Bonchev–Trinajstić information content (AvgIpc) is 3.09. The van der Waals surface area contributed by atoms with Crippen LogP contribution in [0.3, 0.4) is 0 Å². The number of carbonyl (C=O) groups excluding carboxylic acids is 1. The molecule has 0 radical (unpaired) electrons. The summed E-state index contributed by atoms with van der Waals surface area (Å²) in [4.78, 5) is 13.1. The maximum absolute atomic E-state index is 13.1. The summed E-state index contributed by atoms with van der Waals surface area (Å²) in [7, 11) is 0.471. The fourth-order valence-electron chi connectivity index (χ4n) is 5.67. The molecule has 0 bridgehead atoms. The van der Waals surface area contributed by atoms with Crippen molar-refractivity contribution >= 4 is 32.4 Å². The van der Waals surface area contributed by atoms with E-state index in [-0.39, 0.29) is 17.8 Å². The molecular weight excluding hydrogens is 504 g/mol. The highest BCUT2D eigenvalue weighted by Crippen LogP contribution is 2.60. The van der Waals surface area contributed by atoms with Crippen LogP contribution in [0.15, 0.2) is 77.3 Å². The van der Waals surface area contributed by atoms with E-state index in [9.17, 15) is 4.79 Å². The molecule has 1 aliphatic rings. The monoisotopic (exact) mass is 536 g/mol. The van der Waals surface area contributed by atoms with Crippen LogP contribution in [0.5, 0.6) is 0 Å². The zero-order chi connectivity index (χ0) is 24.6. The number of halogens is 1. The van der Waals surface area contributed by atoms with Crippen LogP contribution in [0.4, 0.5) is 0 Å². The van der Waals surface area contributed by atoms with E-state index in [0.717, 1.165) is 27.6 Å². The molecule has 3 aromatic rings. The lowest BCUT2D eigenvalue weighted by molar-refractivity contribution is -0.150. The van der Waals surface area contributed by atoms with Gasteiger partial charge in [0.15, 0.2) is 0 Å². The molecule has 0 N–H and O–H groups in total. The van der Waals surface area contributed by atoms with Crippen molar-refractivity contribution in [1.29, 1.82) is 0 Å². The molecule has 0 saturated heterocycles. The fourth-order valence-corrected chi connectivity index (χ4v) is 7.32. The van der Waals surface area contributed by atoms with Crippen LogP contribution in [0.2, 0.25) is 0 Å². The van der Waals surface area contributed by atoms with Crippen LogP contribution in [-0.4, -0.2) is 23.1 Å². The molecule has 1 aliphatic carbocycles. The van der Waals surface area contributed by atoms with E-state index in [0.29, 0.717) is 17.1 Å². The van der Waals surface area contributed by atoms with E-state index < -0.39 is 11.0 Å². The van der Waals surface area contributed by atoms with Crippen LogP contribution in [0, 0.1) is 0 Å². The number of hydrogen-bond acceptors (Lipinski definition) is 3. The van der Waals surface area contributed by atoms with Gasteiger partial charge in [0.1, 0.15) is 16.1 Å². The maximum Gasteiger partial charge on any atom is 0.309 e. The molecule has 4 rings (SSSR count). The van der Waals surface area contributed by atoms with Gasteiger partial charge >= 0.3 is 5.97 Å². The van der Waals surface area contributed by atoms with Gasteiger partial charge in [-0.05, 0) is 52.6 Å². The Kier molecular flexibility index (Phi) is 6.91. The lowest BCUT2D eigenvalue weighted by Gasteiger charge is -2.47. The number of esters is 1. The summed E-state index contributed by atoms with van der Waals surface area (Å²) in [5, 5.41) is 0. The Morgan fingerprint density at radius 1 is 1.00 bits per heavy atom. The van der Waals surface area contributed by atoms with E-state index in [1.165, 1.54) is 11.1 Å². The number of carbonyl (C=O) groups is 1. The van der Waals surface area contributed by atoms with Crippen molar-refractivity contribution in [2.45, 2.75) is 57.0 Å². The third kappa shape index (κ3) is 3.98. The van der Waals surface area contributed by atoms with Crippen molar-refractivity contribution in [3.8, 4) is 0 Å². The molecule has 3 nitrogen and oxygen atoms in total. The Labute approximate surface area is 214 Å². The van der Waals surface area contributed by atoms with Crippen molar-refractivity contribution < 1.29 is 14.0 Å². The Morgan fingerprint density at radius 3 is 2.03 bits per heavy atom.